The second-order valence-electron chi connectivity index (χ2n) is 3.96. The van der Waals surface area contributed by atoms with E-state index in [9.17, 15) is 18.3 Å². The average molecular weight is 358 g/mol. The number of hydrogen-bond acceptors (Lipinski definition) is 4. The summed E-state index contributed by atoms with van der Waals surface area (Å²) >= 11 is 3.25. The van der Waals surface area contributed by atoms with E-state index in [2.05, 4.69) is 21.2 Å². The van der Waals surface area contributed by atoms with E-state index in [0.29, 0.717) is 21.5 Å². The van der Waals surface area contributed by atoms with Crippen molar-refractivity contribution in [1.82, 2.24) is 5.32 Å². The molecule has 1 rings (SSSR count). The monoisotopic (exact) mass is 357 g/mol. The fourth-order valence-corrected chi connectivity index (χ4v) is 2.25. The van der Waals surface area contributed by atoms with E-state index >= 15 is 0 Å². The van der Waals surface area contributed by atoms with Crippen LogP contribution in [0.25, 0.3) is 0 Å². The molecule has 0 aromatic heterocycles. The summed E-state index contributed by atoms with van der Waals surface area (Å²) < 4.78 is 47.4. The highest BCUT2D eigenvalue weighted by Gasteiger charge is 2.29. The fraction of sp³-hybridized carbons (Fsp3) is 0.500. The molecule has 0 saturated heterocycles. The molecule has 0 spiro atoms. The molecule has 8 heteroatoms. The van der Waals surface area contributed by atoms with E-state index in [0.717, 1.165) is 0 Å². The quantitative estimate of drug-likeness (QED) is 0.821. The van der Waals surface area contributed by atoms with Crippen LogP contribution in [-0.4, -0.2) is 38.7 Å². The third-order valence-electron chi connectivity index (χ3n) is 2.61. The number of benzene rings is 1. The Hall–Kier alpha value is -0.990. The molecule has 4 nitrogen and oxygen atoms in total. The van der Waals surface area contributed by atoms with Crippen LogP contribution in [-0.2, 0) is 0 Å². The first-order valence-electron chi connectivity index (χ1n) is 5.64. The maximum absolute atomic E-state index is 12.2. The second kappa shape index (κ2) is 7.14. The third kappa shape index (κ3) is 4.53. The average Bonchev–Trinajstić information content (AvgIpc) is 2.39. The Kier molecular flexibility index (Phi) is 6.09. The van der Waals surface area contributed by atoms with Gasteiger partial charge in [0.15, 0.2) is 11.5 Å². The summed E-state index contributed by atoms with van der Waals surface area (Å²) in [7, 11) is 2.88. The highest BCUT2D eigenvalue weighted by Crippen LogP contribution is 2.36. The lowest BCUT2D eigenvalue weighted by Crippen LogP contribution is -2.34. The van der Waals surface area contributed by atoms with Gasteiger partial charge in [-0.3, -0.25) is 5.32 Å². The molecule has 1 aromatic rings. The van der Waals surface area contributed by atoms with Crippen molar-refractivity contribution in [3.05, 3.63) is 22.2 Å². The molecule has 0 aliphatic rings. The van der Waals surface area contributed by atoms with Gasteiger partial charge in [0, 0.05) is 4.47 Å². The first-order chi connectivity index (χ1) is 9.32. The van der Waals surface area contributed by atoms with Gasteiger partial charge in [-0.2, -0.15) is 13.2 Å². The van der Waals surface area contributed by atoms with Gasteiger partial charge in [0.2, 0.25) is 0 Å². The fourth-order valence-electron chi connectivity index (χ4n) is 1.65. The van der Waals surface area contributed by atoms with Crippen molar-refractivity contribution in [2.75, 3.05) is 27.4 Å². The summed E-state index contributed by atoms with van der Waals surface area (Å²) in [5.74, 6) is 0.814. The number of rotatable bonds is 6. The van der Waals surface area contributed by atoms with Crippen molar-refractivity contribution in [1.29, 1.82) is 0 Å². The van der Waals surface area contributed by atoms with Gasteiger partial charge in [-0.15, -0.1) is 0 Å². The smallest absolute Gasteiger partial charge is 0.401 e. The van der Waals surface area contributed by atoms with Crippen LogP contribution in [0.5, 0.6) is 11.5 Å². The molecule has 20 heavy (non-hydrogen) atoms. The van der Waals surface area contributed by atoms with Crippen LogP contribution in [0.15, 0.2) is 16.6 Å². The van der Waals surface area contributed by atoms with Crippen molar-refractivity contribution >= 4 is 15.9 Å². The Bertz CT molecular complexity index is 454. The van der Waals surface area contributed by atoms with E-state index in [1.165, 1.54) is 20.3 Å². The molecule has 0 bridgehead atoms. The summed E-state index contributed by atoms with van der Waals surface area (Å²) in [6.45, 7) is -1.68. The van der Waals surface area contributed by atoms with Crippen molar-refractivity contribution in [2.45, 2.75) is 12.2 Å². The summed E-state index contributed by atoms with van der Waals surface area (Å²) in [5, 5.41) is 11.5. The standard InChI is InChI=1S/C12H15BrF3NO3/c1-19-10-3-7(8(13)4-11(10)20-2)9(5-18)17-6-12(14,15)16/h3-4,9,17-18H,5-6H2,1-2H3. The number of alkyl halides is 3. The summed E-state index contributed by atoms with van der Waals surface area (Å²) in [4.78, 5) is 0. The topological polar surface area (TPSA) is 50.7 Å². The van der Waals surface area contributed by atoms with E-state index in [1.54, 1.807) is 6.07 Å². The van der Waals surface area contributed by atoms with Gasteiger partial charge in [0.25, 0.3) is 0 Å². The highest BCUT2D eigenvalue weighted by atomic mass is 79.9. The lowest BCUT2D eigenvalue weighted by atomic mass is 10.1. The molecule has 1 aromatic carbocycles. The Balaban J connectivity index is 3.03. The van der Waals surface area contributed by atoms with Gasteiger partial charge in [-0.05, 0) is 17.7 Å². The first-order valence-corrected chi connectivity index (χ1v) is 6.44. The Morgan fingerprint density at radius 3 is 2.25 bits per heavy atom. The van der Waals surface area contributed by atoms with Crippen LogP contribution >= 0.6 is 15.9 Å². The second-order valence-corrected chi connectivity index (χ2v) is 4.81. The predicted octanol–water partition coefficient (Wildman–Crippen LogP) is 2.65. The molecule has 1 unspecified atom stereocenters. The normalized spacial score (nSPS) is 13.2. The number of methoxy groups -OCH3 is 2. The number of halogens is 4. The van der Waals surface area contributed by atoms with Crippen LogP contribution < -0.4 is 14.8 Å². The maximum Gasteiger partial charge on any atom is 0.401 e. The molecular formula is C12H15BrF3NO3. The number of nitrogens with one attached hydrogen (secondary N) is 1. The van der Waals surface area contributed by atoms with Crippen LogP contribution in [0.4, 0.5) is 13.2 Å². The van der Waals surface area contributed by atoms with Crippen LogP contribution in [0.1, 0.15) is 11.6 Å². The molecular weight excluding hydrogens is 343 g/mol. The summed E-state index contributed by atoms with van der Waals surface area (Å²) in [6, 6.07) is 2.23. The largest absolute Gasteiger partial charge is 0.493 e. The van der Waals surface area contributed by atoms with Crippen molar-refractivity contribution in [3.8, 4) is 11.5 Å². The minimum absolute atomic E-state index is 0.373. The van der Waals surface area contributed by atoms with Crippen LogP contribution in [0.3, 0.4) is 0 Å². The maximum atomic E-state index is 12.2. The molecule has 0 radical (unpaired) electrons. The number of hydrogen-bond donors (Lipinski definition) is 2. The minimum Gasteiger partial charge on any atom is -0.493 e. The van der Waals surface area contributed by atoms with Crippen molar-refractivity contribution < 1.29 is 27.8 Å². The molecule has 0 aliphatic carbocycles. The van der Waals surface area contributed by atoms with Crippen LogP contribution in [0, 0.1) is 0 Å². The third-order valence-corrected chi connectivity index (χ3v) is 3.30. The Morgan fingerprint density at radius 2 is 1.80 bits per heavy atom. The highest BCUT2D eigenvalue weighted by molar-refractivity contribution is 9.10. The van der Waals surface area contributed by atoms with Gasteiger partial charge >= 0.3 is 6.18 Å². The Morgan fingerprint density at radius 1 is 1.25 bits per heavy atom. The van der Waals surface area contributed by atoms with E-state index < -0.39 is 25.4 Å². The molecule has 0 heterocycles. The molecule has 2 N–H and O–H groups in total. The molecule has 1 atom stereocenters. The zero-order chi connectivity index (χ0) is 15.3. The minimum atomic E-state index is -4.35. The van der Waals surface area contributed by atoms with Crippen LogP contribution in [0.2, 0.25) is 0 Å². The van der Waals surface area contributed by atoms with E-state index in [1.807, 2.05) is 0 Å². The van der Waals surface area contributed by atoms with Gasteiger partial charge in [-0.1, -0.05) is 15.9 Å². The zero-order valence-corrected chi connectivity index (χ0v) is 12.5. The summed E-state index contributed by atoms with van der Waals surface area (Å²) in [5.41, 5.74) is 0.453. The lowest BCUT2D eigenvalue weighted by Gasteiger charge is -2.21. The summed E-state index contributed by atoms with van der Waals surface area (Å²) in [6.07, 6.45) is -4.35. The van der Waals surface area contributed by atoms with Gasteiger partial charge < -0.3 is 14.6 Å². The SMILES string of the molecule is COc1cc(Br)c(C(CO)NCC(F)(F)F)cc1OC. The number of aliphatic hydroxyl groups excluding tert-OH is 1. The number of aliphatic hydroxyl groups is 1. The van der Waals surface area contributed by atoms with E-state index in [4.69, 9.17) is 9.47 Å². The van der Waals surface area contributed by atoms with Crippen molar-refractivity contribution in [2.24, 2.45) is 0 Å². The van der Waals surface area contributed by atoms with Gasteiger partial charge in [-0.25, -0.2) is 0 Å². The van der Waals surface area contributed by atoms with Crippen molar-refractivity contribution in [3.63, 3.8) is 0 Å². The Labute approximate surface area is 123 Å². The molecule has 0 aliphatic heterocycles. The molecule has 0 amide bonds. The first kappa shape index (κ1) is 17.1. The van der Waals surface area contributed by atoms with Gasteiger partial charge in [0.1, 0.15) is 0 Å². The molecule has 114 valence electrons. The number of ether oxygens (including phenoxy) is 2. The zero-order valence-electron chi connectivity index (χ0n) is 10.9. The lowest BCUT2D eigenvalue weighted by molar-refractivity contribution is -0.126. The molecule has 0 saturated carbocycles. The predicted molar refractivity (Wildman–Crippen MR) is 71.1 cm³/mol. The van der Waals surface area contributed by atoms with Gasteiger partial charge in [0.05, 0.1) is 33.4 Å². The molecule has 0 fully saturated rings. The van der Waals surface area contributed by atoms with E-state index in [-0.39, 0.29) is 0 Å².